The number of nitrogens with two attached hydrogens (primary N) is 1. The Hall–Kier alpha value is -4.82. The second-order valence-electron chi connectivity index (χ2n) is 10.2. The molecule has 0 radical (unpaired) electrons. The van der Waals surface area contributed by atoms with Crippen LogP contribution >= 0.6 is 0 Å². The molecule has 1 unspecified atom stereocenters. The van der Waals surface area contributed by atoms with E-state index in [2.05, 4.69) is 11.1 Å². The van der Waals surface area contributed by atoms with Crippen molar-refractivity contribution in [1.82, 2.24) is 9.55 Å². The van der Waals surface area contributed by atoms with E-state index in [1.165, 1.54) is 34.9 Å². The number of aromatic nitrogens is 2. The number of amides is 1. The largest absolute Gasteiger partial charge is 0.492 e. The molecular formula is C31H27FN4O5S. The first-order valence-corrected chi connectivity index (χ1v) is 14.8. The molecule has 1 aliphatic rings. The zero-order valence-corrected chi connectivity index (χ0v) is 23.4. The lowest BCUT2D eigenvalue weighted by molar-refractivity contribution is 0.100. The quantitative estimate of drug-likeness (QED) is 0.292. The summed E-state index contributed by atoms with van der Waals surface area (Å²) in [5.74, 6) is -1.84. The van der Waals surface area contributed by atoms with Crippen molar-refractivity contribution >= 4 is 15.7 Å². The Labute approximate surface area is 241 Å². The molecule has 4 aromatic rings. The molecule has 1 saturated carbocycles. The number of sulfone groups is 1. The standard InChI is InChI=1S/C31H27FN4O5S/c1-2-26(21-5-3-4-19(14-21)17-33)36-27(15-18-6-7-18)35-30(38)28(31(36)39)42(40,41)23-11-8-20(9-12-23)24-13-10-22(32)16-25(24)29(34)37/h3-5,8-14,16,18,26,38H,2,6-7,15H2,1H3,(H2,34,37). The molecule has 1 aromatic heterocycles. The number of nitrogens with zero attached hydrogens (tertiary/aromatic N) is 3. The summed E-state index contributed by atoms with van der Waals surface area (Å²) in [6.45, 7) is 1.84. The highest BCUT2D eigenvalue weighted by molar-refractivity contribution is 7.91. The average Bonchev–Trinajstić information content (AvgIpc) is 3.79. The molecule has 1 fully saturated rings. The van der Waals surface area contributed by atoms with Crippen LogP contribution in [0.25, 0.3) is 11.1 Å². The van der Waals surface area contributed by atoms with Gasteiger partial charge in [0.25, 0.3) is 5.56 Å². The predicted molar refractivity (Wildman–Crippen MR) is 152 cm³/mol. The summed E-state index contributed by atoms with van der Waals surface area (Å²) in [5.41, 5.74) is 6.13. The van der Waals surface area contributed by atoms with Crippen molar-refractivity contribution in [3.63, 3.8) is 0 Å². The van der Waals surface area contributed by atoms with Crippen molar-refractivity contribution in [2.75, 3.05) is 0 Å². The number of aromatic hydroxyl groups is 1. The second-order valence-corrected chi connectivity index (χ2v) is 12.1. The fourth-order valence-corrected chi connectivity index (χ4v) is 6.46. The number of rotatable bonds is 9. The van der Waals surface area contributed by atoms with Gasteiger partial charge in [0, 0.05) is 12.0 Å². The number of primary amides is 1. The van der Waals surface area contributed by atoms with Gasteiger partial charge in [-0.05, 0) is 78.3 Å². The van der Waals surface area contributed by atoms with Crippen LogP contribution in [0.1, 0.15) is 59.5 Å². The summed E-state index contributed by atoms with van der Waals surface area (Å²) in [5, 5.41) is 20.3. The molecule has 1 atom stereocenters. The third kappa shape index (κ3) is 5.41. The SMILES string of the molecule is CCC(c1cccc(C#N)c1)n1c(CC2CC2)nc(O)c(S(=O)(=O)c2ccc(-c3ccc(F)cc3C(N)=O)cc2)c1=O. The maximum absolute atomic E-state index is 14.0. The molecule has 1 aliphatic carbocycles. The molecule has 0 bridgehead atoms. The Morgan fingerprint density at radius 2 is 1.88 bits per heavy atom. The highest BCUT2D eigenvalue weighted by Crippen LogP contribution is 2.35. The second kappa shape index (κ2) is 11.2. The van der Waals surface area contributed by atoms with E-state index >= 15 is 0 Å². The molecular weight excluding hydrogens is 559 g/mol. The van der Waals surface area contributed by atoms with Crippen LogP contribution < -0.4 is 11.3 Å². The van der Waals surface area contributed by atoms with Crippen LogP contribution in [-0.2, 0) is 16.3 Å². The van der Waals surface area contributed by atoms with Crippen LogP contribution in [0.4, 0.5) is 4.39 Å². The van der Waals surface area contributed by atoms with Gasteiger partial charge in [0.2, 0.25) is 21.6 Å². The molecule has 3 N–H and O–H groups in total. The van der Waals surface area contributed by atoms with Gasteiger partial charge in [0.15, 0.2) is 4.90 Å². The lowest BCUT2D eigenvalue weighted by Gasteiger charge is -2.23. The summed E-state index contributed by atoms with van der Waals surface area (Å²) in [6.07, 6.45) is 2.67. The van der Waals surface area contributed by atoms with E-state index < -0.39 is 43.9 Å². The Morgan fingerprint density at radius 3 is 2.50 bits per heavy atom. The highest BCUT2D eigenvalue weighted by atomic mass is 32.2. The first-order valence-electron chi connectivity index (χ1n) is 13.3. The van der Waals surface area contributed by atoms with Crippen molar-refractivity contribution in [3.05, 3.63) is 105 Å². The van der Waals surface area contributed by atoms with E-state index in [-0.39, 0.29) is 22.2 Å². The van der Waals surface area contributed by atoms with Crippen LogP contribution in [-0.4, -0.2) is 29.0 Å². The van der Waals surface area contributed by atoms with Crippen molar-refractivity contribution in [2.45, 2.75) is 48.4 Å². The van der Waals surface area contributed by atoms with E-state index in [1.54, 1.807) is 24.3 Å². The Balaban J connectivity index is 1.63. The number of hydrogen-bond acceptors (Lipinski definition) is 7. The Bertz CT molecular complexity index is 1910. The van der Waals surface area contributed by atoms with Gasteiger partial charge in [0.05, 0.1) is 22.6 Å². The molecule has 214 valence electrons. The molecule has 0 aliphatic heterocycles. The number of carbonyl (C=O) groups is 1. The van der Waals surface area contributed by atoms with Crippen LogP contribution in [0.2, 0.25) is 0 Å². The molecule has 0 spiro atoms. The van der Waals surface area contributed by atoms with Gasteiger partial charge in [-0.2, -0.15) is 10.2 Å². The van der Waals surface area contributed by atoms with E-state index in [0.29, 0.717) is 35.1 Å². The Morgan fingerprint density at radius 1 is 1.17 bits per heavy atom. The average molecular weight is 587 g/mol. The third-order valence-corrected chi connectivity index (χ3v) is 9.18. The number of carbonyl (C=O) groups excluding carboxylic acids is 1. The smallest absolute Gasteiger partial charge is 0.277 e. The van der Waals surface area contributed by atoms with Gasteiger partial charge in [0.1, 0.15) is 11.6 Å². The highest BCUT2D eigenvalue weighted by Gasteiger charge is 2.33. The lowest BCUT2D eigenvalue weighted by atomic mass is 9.99. The van der Waals surface area contributed by atoms with Crippen LogP contribution in [0, 0.1) is 23.1 Å². The van der Waals surface area contributed by atoms with Gasteiger partial charge < -0.3 is 10.8 Å². The van der Waals surface area contributed by atoms with Crippen molar-refractivity contribution in [1.29, 1.82) is 5.26 Å². The zero-order valence-electron chi connectivity index (χ0n) is 22.6. The fourth-order valence-electron chi connectivity index (χ4n) is 5.12. The van der Waals surface area contributed by atoms with E-state index in [4.69, 9.17) is 5.73 Å². The minimum absolute atomic E-state index is 0.0762. The maximum atomic E-state index is 14.0. The maximum Gasteiger partial charge on any atom is 0.277 e. The lowest BCUT2D eigenvalue weighted by Crippen LogP contribution is -2.33. The number of benzene rings is 3. The first kappa shape index (κ1) is 28.7. The number of halogens is 1. The summed E-state index contributed by atoms with van der Waals surface area (Å²) in [4.78, 5) is 29.0. The van der Waals surface area contributed by atoms with Gasteiger partial charge >= 0.3 is 0 Å². The topological polar surface area (TPSA) is 156 Å². The summed E-state index contributed by atoms with van der Waals surface area (Å²) >= 11 is 0. The van der Waals surface area contributed by atoms with Crippen LogP contribution in [0.5, 0.6) is 5.88 Å². The number of nitriles is 1. The van der Waals surface area contributed by atoms with Crippen molar-refractivity contribution < 1.29 is 22.7 Å². The third-order valence-electron chi connectivity index (χ3n) is 7.39. The molecule has 1 heterocycles. The molecule has 0 saturated heterocycles. The van der Waals surface area contributed by atoms with E-state index in [0.717, 1.165) is 25.0 Å². The molecule has 9 nitrogen and oxygen atoms in total. The Kier molecular flexibility index (Phi) is 7.67. The molecule has 1 amide bonds. The first-order chi connectivity index (χ1) is 20.0. The minimum Gasteiger partial charge on any atom is -0.492 e. The van der Waals surface area contributed by atoms with E-state index in [1.807, 2.05) is 6.92 Å². The van der Waals surface area contributed by atoms with Crippen molar-refractivity contribution in [3.8, 4) is 23.1 Å². The van der Waals surface area contributed by atoms with Crippen LogP contribution in [0.15, 0.2) is 81.3 Å². The van der Waals surface area contributed by atoms with Gasteiger partial charge in [-0.15, -0.1) is 0 Å². The monoisotopic (exact) mass is 586 g/mol. The molecule has 5 rings (SSSR count). The summed E-state index contributed by atoms with van der Waals surface area (Å²) in [6, 6.07) is 17.0. The van der Waals surface area contributed by atoms with Gasteiger partial charge in [-0.1, -0.05) is 37.3 Å². The predicted octanol–water partition coefficient (Wildman–Crippen LogP) is 4.51. The summed E-state index contributed by atoms with van der Waals surface area (Å²) < 4.78 is 42.7. The molecule has 3 aromatic carbocycles. The normalized spacial score (nSPS) is 13.8. The van der Waals surface area contributed by atoms with Gasteiger partial charge in [-0.3, -0.25) is 14.2 Å². The molecule has 42 heavy (non-hydrogen) atoms. The van der Waals surface area contributed by atoms with E-state index in [9.17, 15) is 32.8 Å². The fraction of sp³-hybridized carbons (Fsp3) is 0.226. The van der Waals surface area contributed by atoms with Crippen LogP contribution in [0.3, 0.4) is 0 Å². The molecule has 11 heteroatoms. The van der Waals surface area contributed by atoms with Gasteiger partial charge in [-0.25, -0.2) is 12.8 Å². The number of hydrogen-bond donors (Lipinski definition) is 2. The van der Waals surface area contributed by atoms with Crippen molar-refractivity contribution in [2.24, 2.45) is 11.7 Å². The minimum atomic E-state index is -4.57. The zero-order chi connectivity index (χ0) is 30.2. The summed E-state index contributed by atoms with van der Waals surface area (Å²) in [7, 11) is -4.57.